The zero-order valence-electron chi connectivity index (χ0n) is 12.9. The maximum absolute atomic E-state index is 6.16. The fourth-order valence-electron chi connectivity index (χ4n) is 3.00. The van der Waals surface area contributed by atoms with Gasteiger partial charge in [-0.05, 0) is 30.9 Å². The lowest BCUT2D eigenvalue weighted by atomic mass is 9.93. The minimum atomic E-state index is 0.216. The van der Waals surface area contributed by atoms with Gasteiger partial charge in [0.25, 0.3) is 0 Å². The Kier molecular flexibility index (Phi) is 4.73. The van der Waals surface area contributed by atoms with Crippen molar-refractivity contribution >= 4 is 11.4 Å². The molecule has 0 saturated heterocycles. The van der Waals surface area contributed by atoms with Crippen molar-refractivity contribution in [2.24, 2.45) is 0 Å². The summed E-state index contributed by atoms with van der Waals surface area (Å²) in [5.74, 6) is 0. The molecule has 0 aromatic heterocycles. The van der Waals surface area contributed by atoms with Crippen molar-refractivity contribution in [2.45, 2.75) is 25.3 Å². The predicted molar refractivity (Wildman–Crippen MR) is 91.7 cm³/mol. The first-order valence-corrected chi connectivity index (χ1v) is 7.40. The third kappa shape index (κ3) is 2.97. The van der Waals surface area contributed by atoms with Gasteiger partial charge in [0.05, 0.1) is 6.04 Å². The Balaban J connectivity index is 2.31. The quantitative estimate of drug-likeness (QED) is 0.622. The van der Waals surface area contributed by atoms with Gasteiger partial charge in [-0.3, -0.25) is 0 Å². The second kappa shape index (κ2) is 6.53. The Morgan fingerprint density at radius 2 is 2.29 bits per heavy atom. The highest BCUT2D eigenvalue weighted by Gasteiger charge is 2.28. The van der Waals surface area contributed by atoms with Gasteiger partial charge in [0.2, 0.25) is 0 Å². The number of rotatable bonds is 6. The Morgan fingerprint density at radius 3 is 2.95 bits per heavy atom. The van der Waals surface area contributed by atoms with Gasteiger partial charge in [0.15, 0.2) is 0 Å². The fourth-order valence-corrected chi connectivity index (χ4v) is 3.00. The van der Waals surface area contributed by atoms with Crippen molar-refractivity contribution < 1.29 is 0 Å². The molecule has 1 unspecified atom stereocenters. The third-order valence-electron chi connectivity index (χ3n) is 4.18. The maximum atomic E-state index is 6.16. The zero-order chi connectivity index (χ0) is 15.4. The second-order valence-corrected chi connectivity index (χ2v) is 5.43. The molecule has 0 radical (unpaired) electrons. The van der Waals surface area contributed by atoms with Crippen molar-refractivity contribution in [3.05, 3.63) is 60.8 Å². The molecule has 0 spiro atoms. The molecular formula is C18H25N3. The van der Waals surface area contributed by atoms with Crippen LogP contribution >= 0.6 is 0 Å². The van der Waals surface area contributed by atoms with E-state index >= 15 is 0 Å². The topological polar surface area (TPSA) is 41.3 Å². The standard InChI is InChI=1S/C18H25N3/c1-5-6-10-17(13(2)20-4)21-12-11-15-8-7-9-16(19)18(15)14(21)3/h5,7-9,17,20H,1-3,6,10-12,19H2,4H3. The largest absolute Gasteiger partial charge is 0.398 e. The number of fused-ring (bicyclic) bond motifs is 1. The molecule has 0 bridgehead atoms. The number of nitrogens with zero attached hydrogens (tertiary/aromatic N) is 1. The Morgan fingerprint density at radius 1 is 1.52 bits per heavy atom. The van der Waals surface area contributed by atoms with Crippen LogP contribution in [0, 0.1) is 0 Å². The van der Waals surface area contributed by atoms with Gasteiger partial charge in [-0.1, -0.05) is 31.4 Å². The highest BCUT2D eigenvalue weighted by molar-refractivity contribution is 5.77. The van der Waals surface area contributed by atoms with Crippen molar-refractivity contribution in [3.8, 4) is 0 Å². The minimum Gasteiger partial charge on any atom is -0.398 e. The summed E-state index contributed by atoms with van der Waals surface area (Å²) in [6.45, 7) is 13.2. The second-order valence-electron chi connectivity index (χ2n) is 5.43. The number of anilines is 1. The van der Waals surface area contributed by atoms with Crippen LogP contribution in [0.25, 0.3) is 5.70 Å². The lowest BCUT2D eigenvalue weighted by Crippen LogP contribution is -2.41. The van der Waals surface area contributed by atoms with Gasteiger partial charge in [0.1, 0.15) is 0 Å². The number of likely N-dealkylation sites (N-methyl/N-ethyl adjacent to an activating group) is 1. The predicted octanol–water partition coefficient (Wildman–Crippen LogP) is 3.17. The molecule has 3 heteroatoms. The lowest BCUT2D eigenvalue weighted by Gasteiger charge is -2.40. The lowest BCUT2D eigenvalue weighted by molar-refractivity contribution is 0.302. The van der Waals surface area contributed by atoms with E-state index in [9.17, 15) is 0 Å². The number of nitrogens with one attached hydrogen (secondary N) is 1. The van der Waals surface area contributed by atoms with Crippen LogP contribution in [0.15, 0.2) is 49.7 Å². The number of nitrogen functional groups attached to an aromatic ring is 1. The van der Waals surface area contributed by atoms with Crippen molar-refractivity contribution in [1.29, 1.82) is 0 Å². The molecule has 0 fully saturated rings. The first-order chi connectivity index (χ1) is 10.1. The Bertz CT molecular complexity index is 560. The molecule has 3 nitrogen and oxygen atoms in total. The van der Waals surface area contributed by atoms with Gasteiger partial charge < -0.3 is 16.0 Å². The molecule has 1 aliphatic heterocycles. The minimum absolute atomic E-state index is 0.216. The van der Waals surface area contributed by atoms with Crippen molar-refractivity contribution in [2.75, 3.05) is 19.3 Å². The van der Waals surface area contributed by atoms with Gasteiger partial charge >= 0.3 is 0 Å². The van der Waals surface area contributed by atoms with Crippen LogP contribution in [0.1, 0.15) is 24.0 Å². The molecule has 1 heterocycles. The van der Waals surface area contributed by atoms with Crippen molar-refractivity contribution in [3.63, 3.8) is 0 Å². The monoisotopic (exact) mass is 283 g/mol. The summed E-state index contributed by atoms with van der Waals surface area (Å²) in [7, 11) is 1.91. The molecule has 21 heavy (non-hydrogen) atoms. The normalized spacial score (nSPS) is 15.3. The molecule has 0 aliphatic carbocycles. The number of hydrogen-bond acceptors (Lipinski definition) is 3. The van der Waals surface area contributed by atoms with Gasteiger partial charge in [0, 0.05) is 36.2 Å². The van der Waals surface area contributed by atoms with Crippen LogP contribution in [-0.2, 0) is 6.42 Å². The highest BCUT2D eigenvalue weighted by atomic mass is 15.2. The molecule has 0 saturated carbocycles. The van der Waals surface area contributed by atoms with Gasteiger partial charge in [-0.15, -0.1) is 6.58 Å². The summed E-state index contributed by atoms with van der Waals surface area (Å²) in [5.41, 5.74) is 11.4. The van der Waals surface area contributed by atoms with E-state index in [-0.39, 0.29) is 6.04 Å². The Labute approximate surface area is 127 Å². The van der Waals surface area contributed by atoms with Crippen molar-refractivity contribution in [1.82, 2.24) is 10.2 Å². The molecule has 0 amide bonds. The van der Waals surface area contributed by atoms with E-state index < -0.39 is 0 Å². The van der Waals surface area contributed by atoms with E-state index in [2.05, 4.69) is 36.0 Å². The molecule has 2 rings (SSSR count). The van der Waals surface area contributed by atoms with Crippen LogP contribution in [0.4, 0.5) is 5.69 Å². The molecule has 1 atom stereocenters. The van der Waals surface area contributed by atoms with E-state index in [0.717, 1.165) is 48.5 Å². The zero-order valence-corrected chi connectivity index (χ0v) is 12.9. The van der Waals surface area contributed by atoms with Crippen LogP contribution < -0.4 is 11.1 Å². The summed E-state index contributed by atoms with van der Waals surface area (Å²) in [6, 6.07) is 6.31. The Hall–Kier alpha value is -2.16. The van der Waals surface area contributed by atoms with Crippen LogP contribution in [-0.4, -0.2) is 24.5 Å². The van der Waals surface area contributed by atoms with E-state index in [1.807, 2.05) is 25.3 Å². The van der Waals surface area contributed by atoms with E-state index in [0.29, 0.717) is 0 Å². The first-order valence-electron chi connectivity index (χ1n) is 7.40. The van der Waals surface area contributed by atoms with Crippen LogP contribution in [0.5, 0.6) is 0 Å². The fraction of sp³-hybridized carbons (Fsp3) is 0.333. The SMILES string of the molecule is C=CCCC(C(=C)NC)N1CCc2cccc(N)c2C1=C. The summed E-state index contributed by atoms with van der Waals surface area (Å²) in [4.78, 5) is 2.32. The molecule has 3 N–H and O–H groups in total. The van der Waals surface area contributed by atoms with Crippen LogP contribution in [0.2, 0.25) is 0 Å². The molecule has 1 aromatic rings. The average Bonchev–Trinajstić information content (AvgIpc) is 2.49. The number of benzene rings is 1. The molecule has 1 aliphatic rings. The summed E-state index contributed by atoms with van der Waals surface area (Å²) in [5, 5.41) is 3.19. The smallest absolute Gasteiger partial charge is 0.0685 e. The molecular weight excluding hydrogens is 258 g/mol. The number of allylic oxidation sites excluding steroid dienone is 1. The summed E-state index contributed by atoms with van der Waals surface area (Å²) in [6.07, 6.45) is 4.86. The van der Waals surface area contributed by atoms with Crippen LogP contribution in [0.3, 0.4) is 0 Å². The van der Waals surface area contributed by atoms with Gasteiger partial charge in [-0.25, -0.2) is 0 Å². The third-order valence-corrected chi connectivity index (χ3v) is 4.18. The average molecular weight is 283 g/mol. The van der Waals surface area contributed by atoms with E-state index in [1.165, 1.54) is 5.56 Å². The van der Waals surface area contributed by atoms with E-state index in [1.54, 1.807) is 0 Å². The summed E-state index contributed by atoms with van der Waals surface area (Å²) >= 11 is 0. The maximum Gasteiger partial charge on any atom is 0.0685 e. The molecule has 1 aromatic carbocycles. The molecule has 112 valence electrons. The summed E-state index contributed by atoms with van der Waals surface area (Å²) < 4.78 is 0. The number of hydrogen-bond donors (Lipinski definition) is 2. The number of nitrogens with two attached hydrogens (primary N) is 1. The first kappa shape index (κ1) is 15.2. The van der Waals surface area contributed by atoms with E-state index in [4.69, 9.17) is 5.73 Å². The van der Waals surface area contributed by atoms with Gasteiger partial charge in [-0.2, -0.15) is 0 Å². The highest BCUT2D eigenvalue weighted by Crippen LogP contribution is 2.34.